The second-order valence-electron chi connectivity index (χ2n) is 6.03. The second-order valence-corrected chi connectivity index (χ2v) is 6.44. The van der Waals surface area contributed by atoms with Gasteiger partial charge in [0.15, 0.2) is 23.0 Å². The predicted octanol–water partition coefficient (Wildman–Crippen LogP) is 4.56. The van der Waals surface area contributed by atoms with Crippen molar-refractivity contribution in [1.82, 2.24) is 0 Å². The van der Waals surface area contributed by atoms with Gasteiger partial charge in [0.2, 0.25) is 5.75 Å². The number of amides is 1. The summed E-state index contributed by atoms with van der Waals surface area (Å²) in [6.07, 6.45) is 0. The van der Waals surface area contributed by atoms with Gasteiger partial charge in [0.1, 0.15) is 13.2 Å². The Bertz CT molecular complexity index is 859. The molecule has 0 spiro atoms. The number of nitrogens with one attached hydrogen (secondary N) is 1. The van der Waals surface area contributed by atoms with E-state index in [1.165, 1.54) is 0 Å². The van der Waals surface area contributed by atoms with E-state index in [4.69, 9.17) is 35.3 Å². The van der Waals surface area contributed by atoms with Crippen LogP contribution in [0.3, 0.4) is 0 Å². The second kappa shape index (κ2) is 9.60. The number of hydrogen-bond donors (Lipinski definition) is 1. The smallest absolute Gasteiger partial charge is 0.255 e. The predicted molar refractivity (Wildman–Crippen MR) is 110 cm³/mol. The van der Waals surface area contributed by atoms with Crippen molar-refractivity contribution < 1.29 is 28.5 Å². The van der Waals surface area contributed by atoms with Crippen molar-refractivity contribution >= 4 is 23.2 Å². The molecule has 0 aromatic heterocycles. The number of fused-ring (bicyclic) bond motifs is 1. The highest BCUT2D eigenvalue weighted by Crippen LogP contribution is 2.40. The average molecular weight is 422 g/mol. The first-order valence-electron chi connectivity index (χ1n) is 9.54. The summed E-state index contributed by atoms with van der Waals surface area (Å²) in [6, 6.07) is 6.52. The fraction of sp³-hybridized carbons (Fsp3) is 0.381. The van der Waals surface area contributed by atoms with Crippen LogP contribution in [0, 0.1) is 0 Å². The molecule has 7 nitrogen and oxygen atoms in total. The minimum absolute atomic E-state index is 0.351. The van der Waals surface area contributed by atoms with Crippen molar-refractivity contribution in [2.75, 3.05) is 38.4 Å². The Hall–Kier alpha value is -2.80. The van der Waals surface area contributed by atoms with Gasteiger partial charge in [0, 0.05) is 17.7 Å². The first-order chi connectivity index (χ1) is 14.1. The van der Waals surface area contributed by atoms with E-state index < -0.39 is 0 Å². The maximum absolute atomic E-state index is 12.9. The maximum Gasteiger partial charge on any atom is 0.255 e. The lowest BCUT2D eigenvalue weighted by Crippen LogP contribution is -2.17. The minimum Gasteiger partial charge on any atom is -0.490 e. The molecule has 3 rings (SSSR count). The molecular weight excluding hydrogens is 398 g/mol. The van der Waals surface area contributed by atoms with Gasteiger partial charge < -0.3 is 29.0 Å². The molecule has 2 aromatic rings. The average Bonchev–Trinajstić information content (AvgIpc) is 2.71. The number of carbonyl (C=O) groups is 1. The largest absolute Gasteiger partial charge is 0.490 e. The Labute approximate surface area is 174 Å². The van der Waals surface area contributed by atoms with Crippen molar-refractivity contribution in [3.05, 3.63) is 34.9 Å². The molecule has 0 atom stereocenters. The Morgan fingerprint density at radius 1 is 0.931 bits per heavy atom. The molecule has 29 heavy (non-hydrogen) atoms. The number of carbonyl (C=O) groups excluding carboxylic acids is 1. The van der Waals surface area contributed by atoms with Gasteiger partial charge >= 0.3 is 0 Å². The van der Waals surface area contributed by atoms with Crippen LogP contribution >= 0.6 is 11.6 Å². The summed E-state index contributed by atoms with van der Waals surface area (Å²) < 4.78 is 28.1. The molecule has 0 bridgehead atoms. The number of ether oxygens (including phenoxy) is 5. The molecule has 0 fully saturated rings. The molecule has 1 heterocycles. The van der Waals surface area contributed by atoms with Gasteiger partial charge in [-0.2, -0.15) is 0 Å². The van der Waals surface area contributed by atoms with Gasteiger partial charge in [0.25, 0.3) is 5.91 Å². The molecule has 1 amide bonds. The summed E-state index contributed by atoms with van der Waals surface area (Å²) in [5, 5.41) is 3.16. The van der Waals surface area contributed by atoms with Crippen LogP contribution < -0.4 is 29.0 Å². The Morgan fingerprint density at radius 2 is 1.48 bits per heavy atom. The lowest BCUT2D eigenvalue weighted by molar-refractivity contribution is 0.102. The summed E-state index contributed by atoms with van der Waals surface area (Å²) in [7, 11) is 0. The van der Waals surface area contributed by atoms with Crippen LogP contribution in [0.2, 0.25) is 5.02 Å². The molecule has 0 radical (unpaired) electrons. The first-order valence-corrected chi connectivity index (χ1v) is 9.92. The van der Waals surface area contributed by atoms with Crippen molar-refractivity contribution in [2.45, 2.75) is 20.8 Å². The molecule has 1 aliphatic rings. The topological polar surface area (TPSA) is 75.3 Å². The standard InChI is InChI=1S/C21H24ClNO6/c1-4-25-18-9-13(10-19(26-5-2)20(18)27-6-3)21(24)23-15-12-17-16(11-14(15)22)28-7-8-29-17/h9-12H,4-8H2,1-3H3,(H,23,24). The van der Waals surface area contributed by atoms with Crippen LogP contribution in [0.5, 0.6) is 28.7 Å². The summed E-state index contributed by atoms with van der Waals surface area (Å²) in [5.74, 6) is 2.08. The van der Waals surface area contributed by atoms with Crippen molar-refractivity contribution in [3.8, 4) is 28.7 Å². The number of benzene rings is 2. The van der Waals surface area contributed by atoms with Crippen LogP contribution in [-0.4, -0.2) is 38.9 Å². The van der Waals surface area contributed by atoms with Crippen LogP contribution in [-0.2, 0) is 0 Å². The lowest BCUT2D eigenvalue weighted by Gasteiger charge is -2.20. The van der Waals surface area contributed by atoms with E-state index in [0.29, 0.717) is 78.1 Å². The van der Waals surface area contributed by atoms with Gasteiger partial charge in [-0.1, -0.05) is 11.6 Å². The summed E-state index contributed by atoms with van der Waals surface area (Å²) in [4.78, 5) is 12.9. The van der Waals surface area contributed by atoms with E-state index in [-0.39, 0.29) is 5.91 Å². The quantitative estimate of drug-likeness (QED) is 0.673. The van der Waals surface area contributed by atoms with Crippen LogP contribution in [0.4, 0.5) is 5.69 Å². The maximum atomic E-state index is 12.9. The highest BCUT2D eigenvalue weighted by atomic mass is 35.5. The van der Waals surface area contributed by atoms with Crippen LogP contribution in [0.25, 0.3) is 0 Å². The minimum atomic E-state index is -0.367. The molecule has 0 aliphatic carbocycles. The molecule has 0 unspecified atom stereocenters. The third-order valence-corrected chi connectivity index (χ3v) is 4.36. The normalized spacial score (nSPS) is 12.3. The van der Waals surface area contributed by atoms with Gasteiger partial charge in [-0.15, -0.1) is 0 Å². The molecule has 1 N–H and O–H groups in total. The number of halogens is 1. The lowest BCUT2D eigenvalue weighted by atomic mass is 10.1. The van der Waals surface area contributed by atoms with Crippen molar-refractivity contribution in [3.63, 3.8) is 0 Å². The number of rotatable bonds is 8. The third kappa shape index (κ3) is 4.79. The molecule has 156 valence electrons. The monoisotopic (exact) mass is 421 g/mol. The van der Waals surface area contributed by atoms with E-state index in [1.807, 2.05) is 20.8 Å². The summed E-state index contributed by atoms with van der Waals surface area (Å²) in [6.45, 7) is 7.78. The number of hydrogen-bond acceptors (Lipinski definition) is 6. The fourth-order valence-electron chi connectivity index (χ4n) is 2.87. The first kappa shape index (κ1) is 20.9. The highest BCUT2D eigenvalue weighted by Gasteiger charge is 2.20. The van der Waals surface area contributed by atoms with E-state index in [0.717, 1.165) is 0 Å². The molecule has 8 heteroatoms. The third-order valence-electron chi connectivity index (χ3n) is 4.05. The van der Waals surface area contributed by atoms with Crippen LogP contribution in [0.1, 0.15) is 31.1 Å². The van der Waals surface area contributed by atoms with Gasteiger partial charge in [-0.3, -0.25) is 4.79 Å². The molecule has 0 saturated carbocycles. The van der Waals surface area contributed by atoms with E-state index in [2.05, 4.69) is 5.32 Å². The van der Waals surface area contributed by atoms with Crippen molar-refractivity contribution in [1.29, 1.82) is 0 Å². The molecule has 0 saturated heterocycles. The fourth-order valence-corrected chi connectivity index (χ4v) is 3.07. The van der Waals surface area contributed by atoms with Crippen molar-refractivity contribution in [2.24, 2.45) is 0 Å². The van der Waals surface area contributed by atoms with Gasteiger partial charge in [-0.05, 0) is 32.9 Å². The van der Waals surface area contributed by atoms with E-state index >= 15 is 0 Å². The number of anilines is 1. The molecule has 2 aromatic carbocycles. The Kier molecular flexibility index (Phi) is 6.93. The molecule has 1 aliphatic heterocycles. The van der Waals surface area contributed by atoms with Gasteiger partial charge in [0.05, 0.1) is 30.5 Å². The van der Waals surface area contributed by atoms with Crippen LogP contribution in [0.15, 0.2) is 24.3 Å². The van der Waals surface area contributed by atoms with E-state index in [1.54, 1.807) is 24.3 Å². The highest BCUT2D eigenvalue weighted by molar-refractivity contribution is 6.34. The van der Waals surface area contributed by atoms with E-state index in [9.17, 15) is 4.79 Å². The summed E-state index contributed by atoms with van der Waals surface area (Å²) >= 11 is 6.30. The zero-order valence-corrected chi connectivity index (χ0v) is 17.4. The Balaban J connectivity index is 1.92. The zero-order valence-electron chi connectivity index (χ0n) is 16.7. The zero-order chi connectivity index (χ0) is 20.8. The SMILES string of the molecule is CCOc1cc(C(=O)Nc2cc3c(cc2Cl)OCCO3)cc(OCC)c1OCC. The van der Waals surface area contributed by atoms with Gasteiger partial charge in [-0.25, -0.2) is 0 Å². The summed E-state index contributed by atoms with van der Waals surface area (Å²) in [5.41, 5.74) is 0.775. The Morgan fingerprint density at radius 3 is 2.03 bits per heavy atom. The molecular formula is C21H24ClNO6.